The summed E-state index contributed by atoms with van der Waals surface area (Å²) in [5.74, 6) is 0.238. The zero-order chi connectivity index (χ0) is 17.0. The van der Waals surface area contributed by atoms with Crippen molar-refractivity contribution in [2.75, 3.05) is 18.8 Å². The van der Waals surface area contributed by atoms with Gasteiger partial charge in [-0.3, -0.25) is 0 Å². The van der Waals surface area contributed by atoms with Crippen molar-refractivity contribution in [3.05, 3.63) is 47.8 Å². The average molecular weight is 348 g/mol. The maximum absolute atomic E-state index is 12.1. The van der Waals surface area contributed by atoms with Gasteiger partial charge in [0.2, 0.25) is 10.0 Å². The van der Waals surface area contributed by atoms with E-state index in [0.717, 1.165) is 25.0 Å². The molecule has 0 aliphatic carbocycles. The van der Waals surface area contributed by atoms with Crippen LogP contribution in [0.5, 0.6) is 0 Å². The predicted molar refractivity (Wildman–Crippen MR) is 93.2 cm³/mol. The van der Waals surface area contributed by atoms with Gasteiger partial charge in [0.25, 0.3) is 0 Å². The summed E-state index contributed by atoms with van der Waals surface area (Å²) in [4.78, 5) is 0. The fourth-order valence-corrected chi connectivity index (χ4v) is 4.69. The van der Waals surface area contributed by atoms with Crippen LogP contribution in [-0.2, 0) is 16.4 Å². The van der Waals surface area contributed by atoms with Gasteiger partial charge < -0.3 is 0 Å². The second-order valence-electron chi connectivity index (χ2n) is 6.30. The highest BCUT2D eigenvalue weighted by Gasteiger charge is 2.28. The van der Waals surface area contributed by atoms with Crippen molar-refractivity contribution in [3.8, 4) is 0 Å². The lowest BCUT2D eigenvalue weighted by Gasteiger charge is -2.30. The molecule has 2 heterocycles. The molecule has 1 aliphatic heterocycles. The zero-order valence-electron chi connectivity index (χ0n) is 14.0. The van der Waals surface area contributed by atoms with E-state index in [0.29, 0.717) is 19.5 Å². The summed E-state index contributed by atoms with van der Waals surface area (Å²) in [6.07, 6.45) is 5.00. The lowest BCUT2D eigenvalue weighted by atomic mass is 10.1. The molecule has 6 nitrogen and oxygen atoms in total. The summed E-state index contributed by atoms with van der Waals surface area (Å²) in [5.41, 5.74) is 2.16. The van der Waals surface area contributed by atoms with Crippen LogP contribution in [0.15, 0.2) is 36.5 Å². The number of hydrogen-bond acceptors (Lipinski definition) is 4. The van der Waals surface area contributed by atoms with Gasteiger partial charge in [-0.25, -0.2) is 17.4 Å². The molecule has 0 amide bonds. The van der Waals surface area contributed by atoms with Crippen molar-refractivity contribution < 1.29 is 8.42 Å². The van der Waals surface area contributed by atoms with E-state index in [9.17, 15) is 8.42 Å². The van der Waals surface area contributed by atoms with Crippen molar-refractivity contribution in [3.63, 3.8) is 0 Å². The van der Waals surface area contributed by atoms with Gasteiger partial charge in [0.05, 0.1) is 17.5 Å². The predicted octanol–water partition coefficient (Wildman–Crippen LogP) is 2.25. The monoisotopic (exact) mass is 348 g/mol. The van der Waals surface area contributed by atoms with Crippen molar-refractivity contribution in [2.24, 2.45) is 0 Å². The largest absolute Gasteiger partial charge is 0.249 e. The van der Waals surface area contributed by atoms with E-state index >= 15 is 0 Å². The Hall–Kier alpha value is -1.73. The molecule has 0 unspecified atom stereocenters. The molecule has 1 fully saturated rings. The van der Waals surface area contributed by atoms with Crippen LogP contribution in [0, 0.1) is 0 Å². The maximum Gasteiger partial charge on any atom is 0.214 e. The molecule has 3 rings (SSSR count). The highest BCUT2D eigenvalue weighted by atomic mass is 32.2. The number of hydrogen-bond donors (Lipinski definition) is 0. The van der Waals surface area contributed by atoms with Gasteiger partial charge in [-0.15, -0.1) is 5.10 Å². The van der Waals surface area contributed by atoms with Gasteiger partial charge >= 0.3 is 0 Å². The summed E-state index contributed by atoms with van der Waals surface area (Å²) in [5, 5.41) is 8.52. The van der Waals surface area contributed by atoms with E-state index in [1.807, 2.05) is 36.0 Å². The lowest BCUT2D eigenvalue weighted by Crippen LogP contribution is -2.40. The summed E-state index contributed by atoms with van der Waals surface area (Å²) >= 11 is 0. The quantitative estimate of drug-likeness (QED) is 0.803. The molecule has 0 saturated carbocycles. The molecular formula is C17H24N4O2S. The van der Waals surface area contributed by atoms with Crippen LogP contribution < -0.4 is 0 Å². The first-order valence-corrected chi connectivity index (χ1v) is 10.1. The van der Waals surface area contributed by atoms with Gasteiger partial charge in [-0.05, 0) is 24.8 Å². The second kappa shape index (κ2) is 7.44. The Kier molecular flexibility index (Phi) is 5.30. The highest BCUT2D eigenvalue weighted by molar-refractivity contribution is 7.89. The fourth-order valence-electron chi connectivity index (χ4n) is 3.15. The van der Waals surface area contributed by atoms with Gasteiger partial charge in [-0.2, -0.15) is 0 Å². The molecule has 1 saturated heterocycles. The van der Waals surface area contributed by atoms with Gasteiger partial charge in [-0.1, -0.05) is 42.5 Å². The first kappa shape index (κ1) is 17.1. The van der Waals surface area contributed by atoms with Crippen LogP contribution in [0.3, 0.4) is 0 Å². The van der Waals surface area contributed by atoms with Gasteiger partial charge in [0.1, 0.15) is 0 Å². The molecule has 1 aromatic carbocycles. The molecule has 0 N–H and O–H groups in total. The number of nitrogens with zero attached hydrogens (tertiary/aromatic N) is 4. The zero-order valence-corrected chi connectivity index (χ0v) is 14.8. The van der Waals surface area contributed by atoms with Gasteiger partial charge in [0, 0.05) is 25.7 Å². The summed E-state index contributed by atoms with van der Waals surface area (Å²) in [6.45, 7) is 3.04. The molecule has 0 radical (unpaired) electrons. The molecular weight excluding hydrogens is 324 g/mol. The summed E-state index contributed by atoms with van der Waals surface area (Å²) in [6, 6.07) is 10.4. The Balaban J connectivity index is 1.59. The van der Waals surface area contributed by atoms with E-state index in [4.69, 9.17) is 0 Å². The molecule has 1 aliphatic rings. The number of benzene rings is 1. The van der Waals surface area contributed by atoms with Crippen LogP contribution in [-0.4, -0.2) is 46.6 Å². The molecule has 0 atom stereocenters. The van der Waals surface area contributed by atoms with Crippen LogP contribution in [0.1, 0.15) is 43.5 Å². The van der Waals surface area contributed by atoms with Crippen molar-refractivity contribution in [2.45, 2.75) is 38.6 Å². The maximum atomic E-state index is 12.1. The van der Waals surface area contributed by atoms with Crippen molar-refractivity contribution in [1.29, 1.82) is 0 Å². The topological polar surface area (TPSA) is 68.1 Å². The summed E-state index contributed by atoms with van der Waals surface area (Å²) in [7, 11) is -3.09. The van der Waals surface area contributed by atoms with E-state index in [1.165, 1.54) is 5.56 Å². The number of sulfonamides is 1. The second-order valence-corrected chi connectivity index (χ2v) is 8.39. The minimum absolute atomic E-state index is 0.232. The molecule has 7 heteroatoms. The van der Waals surface area contributed by atoms with E-state index < -0.39 is 10.0 Å². The normalized spacial score (nSPS) is 17.2. The molecule has 1 aromatic heterocycles. The fraction of sp³-hybridized carbons (Fsp3) is 0.529. The van der Waals surface area contributed by atoms with E-state index in [1.54, 1.807) is 4.31 Å². The van der Waals surface area contributed by atoms with Crippen LogP contribution in [0.4, 0.5) is 0 Å². The third kappa shape index (κ3) is 4.02. The van der Waals surface area contributed by atoms with Crippen LogP contribution in [0.2, 0.25) is 0 Å². The average Bonchev–Trinajstić information content (AvgIpc) is 3.04. The first-order valence-electron chi connectivity index (χ1n) is 8.51. The van der Waals surface area contributed by atoms with Crippen molar-refractivity contribution >= 4 is 10.0 Å². The number of piperidine rings is 1. The Labute approximate surface area is 143 Å². The Morgan fingerprint density at radius 2 is 1.88 bits per heavy atom. The Bertz CT molecular complexity index is 750. The molecule has 2 aromatic rings. The minimum atomic E-state index is -3.09. The third-order valence-corrected chi connectivity index (χ3v) is 6.51. The number of rotatable bonds is 6. The smallest absolute Gasteiger partial charge is 0.214 e. The number of aromatic nitrogens is 3. The van der Waals surface area contributed by atoms with Crippen LogP contribution >= 0.6 is 0 Å². The molecule has 130 valence electrons. The third-order valence-electron chi connectivity index (χ3n) is 4.44. The summed E-state index contributed by atoms with van der Waals surface area (Å²) < 4.78 is 27.8. The molecule has 24 heavy (non-hydrogen) atoms. The van der Waals surface area contributed by atoms with Gasteiger partial charge in [0.15, 0.2) is 0 Å². The highest BCUT2D eigenvalue weighted by Crippen LogP contribution is 2.24. The van der Waals surface area contributed by atoms with E-state index in [2.05, 4.69) is 22.4 Å². The van der Waals surface area contributed by atoms with Crippen molar-refractivity contribution in [1.82, 2.24) is 19.3 Å². The minimum Gasteiger partial charge on any atom is -0.249 e. The standard InChI is InChI=1S/C17H24N4O2S/c1-2-12-24(22,23)20-10-8-17(9-11-20)21-14-16(18-19-21)13-15-6-4-3-5-7-15/h3-7,14,17H,2,8-13H2,1H3. The molecule has 0 bridgehead atoms. The Morgan fingerprint density at radius 3 is 2.54 bits per heavy atom. The van der Waals surface area contributed by atoms with Crippen LogP contribution in [0.25, 0.3) is 0 Å². The SMILES string of the molecule is CCCS(=O)(=O)N1CCC(n2cc(Cc3ccccc3)nn2)CC1. The van der Waals surface area contributed by atoms with E-state index in [-0.39, 0.29) is 11.8 Å². The first-order chi connectivity index (χ1) is 11.6. The Morgan fingerprint density at radius 1 is 1.17 bits per heavy atom. The molecule has 0 spiro atoms. The lowest BCUT2D eigenvalue weighted by molar-refractivity contribution is 0.258.